The molecule has 114 valence electrons. The van der Waals surface area contributed by atoms with Crippen molar-refractivity contribution in [2.75, 3.05) is 20.3 Å². The van der Waals surface area contributed by atoms with E-state index in [0.29, 0.717) is 13.2 Å². The molecule has 3 nitrogen and oxygen atoms in total. The number of rotatable bonds is 7. The van der Waals surface area contributed by atoms with E-state index in [9.17, 15) is 13.2 Å². The fraction of sp³-hybridized carbons (Fsp3) is 0.571. The summed E-state index contributed by atoms with van der Waals surface area (Å²) < 4.78 is 48.4. The third-order valence-electron chi connectivity index (χ3n) is 2.57. The van der Waals surface area contributed by atoms with Crippen molar-refractivity contribution < 1.29 is 22.6 Å². The van der Waals surface area contributed by atoms with Gasteiger partial charge in [-0.05, 0) is 18.2 Å². The summed E-state index contributed by atoms with van der Waals surface area (Å²) in [5.74, 6) is 0.187. The molecule has 1 unspecified atom stereocenters. The summed E-state index contributed by atoms with van der Waals surface area (Å²) in [6, 6.07) is 5.12. The van der Waals surface area contributed by atoms with Crippen LogP contribution in [0.15, 0.2) is 24.3 Å². The Morgan fingerprint density at radius 1 is 1.25 bits per heavy atom. The third kappa shape index (κ3) is 5.79. The maximum absolute atomic E-state index is 12.6. The quantitative estimate of drug-likeness (QED) is 0.837. The van der Waals surface area contributed by atoms with Crippen molar-refractivity contribution in [1.29, 1.82) is 0 Å². The topological polar surface area (TPSA) is 30.5 Å². The molecule has 0 saturated carbocycles. The van der Waals surface area contributed by atoms with E-state index in [0.717, 1.165) is 12.1 Å². The van der Waals surface area contributed by atoms with Crippen LogP contribution in [0.25, 0.3) is 0 Å². The molecule has 0 aliphatic heterocycles. The summed E-state index contributed by atoms with van der Waals surface area (Å²) in [5.41, 5.74) is -0.719. The normalized spacial score (nSPS) is 13.6. The third-order valence-corrected chi connectivity index (χ3v) is 2.57. The number of hydrogen-bond donors (Lipinski definition) is 1. The van der Waals surface area contributed by atoms with Gasteiger partial charge < -0.3 is 14.8 Å². The minimum Gasteiger partial charge on any atom is -0.487 e. The smallest absolute Gasteiger partial charge is 0.416 e. The van der Waals surface area contributed by atoms with Gasteiger partial charge in [0.2, 0.25) is 0 Å². The van der Waals surface area contributed by atoms with E-state index in [4.69, 9.17) is 9.47 Å². The first-order valence-corrected chi connectivity index (χ1v) is 6.39. The highest BCUT2D eigenvalue weighted by Gasteiger charge is 2.30. The van der Waals surface area contributed by atoms with Crippen LogP contribution in [0, 0.1) is 0 Å². The Morgan fingerprint density at radius 2 is 1.95 bits per heavy atom. The SMILES string of the molecule is COCC(CNC(C)C)Oc1cccc(C(F)(F)F)c1. The van der Waals surface area contributed by atoms with Crippen LogP contribution in [0.4, 0.5) is 13.2 Å². The fourth-order valence-corrected chi connectivity index (χ4v) is 1.63. The number of methoxy groups -OCH3 is 1. The molecule has 0 saturated heterocycles. The van der Waals surface area contributed by atoms with Crippen LogP contribution in [0.1, 0.15) is 19.4 Å². The van der Waals surface area contributed by atoms with Crippen LogP contribution in [0.2, 0.25) is 0 Å². The first kappa shape index (κ1) is 16.8. The number of hydrogen-bond acceptors (Lipinski definition) is 3. The van der Waals surface area contributed by atoms with E-state index >= 15 is 0 Å². The van der Waals surface area contributed by atoms with Gasteiger partial charge in [0.05, 0.1) is 12.2 Å². The minimum atomic E-state index is -4.37. The lowest BCUT2D eigenvalue weighted by Crippen LogP contribution is -2.38. The van der Waals surface area contributed by atoms with Crippen LogP contribution in [-0.4, -0.2) is 32.4 Å². The van der Waals surface area contributed by atoms with Crippen LogP contribution in [0.5, 0.6) is 5.75 Å². The molecule has 1 aromatic rings. The average molecular weight is 291 g/mol. The van der Waals surface area contributed by atoms with Gasteiger partial charge in [0.15, 0.2) is 0 Å². The van der Waals surface area contributed by atoms with Gasteiger partial charge in [-0.1, -0.05) is 19.9 Å². The second-order valence-electron chi connectivity index (χ2n) is 4.78. The van der Waals surface area contributed by atoms with Gasteiger partial charge in [-0.25, -0.2) is 0 Å². The molecule has 1 rings (SSSR count). The molecular weight excluding hydrogens is 271 g/mol. The molecule has 20 heavy (non-hydrogen) atoms. The highest BCUT2D eigenvalue weighted by Crippen LogP contribution is 2.31. The summed E-state index contributed by atoms with van der Waals surface area (Å²) >= 11 is 0. The lowest BCUT2D eigenvalue weighted by atomic mass is 10.2. The Balaban J connectivity index is 2.72. The van der Waals surface area contributed by atoms with Crippen molar-refractivity contribution in [2.24, 2.45) is 0 Å². The van der Waals surface area contributed by atoms with E-state index in [1.807, 2.05) is 13.8 Å². The van der Waals surface area contributed by atoms with E-state index in [1.165, 1.54) is 19.2 Å². The Morgan fingerprint density at radius 3 is 2.50 bits per heavy atom. The first-order valence-electron chi connectivity index (χ1n) is 6.39. The average Bonchev–Trinajstić information content (AvgIpc) is 2.35. The van der Waals surface area contributed by atoms with Gasteiger partial charge in [-0.3, -0.25) is 0 Å². The molecule has 0 amide bonds. The number of alkyl halides is 3. The van der Waals surface area contributed by atoms with E-state index < -0.39 is 11.7 Å². The summed E-state index contributed by atoms with van der Waals surface area (Å²) in [6.45, 7) is 4.76. The van der Waals surface area contributed by atoms with Crippen LogP contribution < -0.4 is 10.1 Å². The summed E-state index contributed by atoms with van der Waals surface area (Å²) in [6.07, 6.45) is -4.71. The molecule has 0 spiro atoms. The van der Waals surface area contributed by atoms with Crippen molar-refractivity contribution >= 4 is 0 Å². The van der Waals surface area contributed by atoms with Gasteiger partial charge in [0, 0.05) is 19.7 Å². The van der Waals surface area contributed by atoms with E-state index in [-0.39, 0.29) is 17.9 Å². The molecule has 0 bridgehead atoms. The van der Waals surface area contributed by atoms with Gasteiger partial charge in [0.25, 0.3) is 0 Å². The second kappa shape index (κ2) is 7.50. The van der Waals surface area contributed by atoms with Crippen molar-refractivity contribution in [2.45, 2.75) is 32.2 Å². The van der Waals surface area contributed by atoms with Crippen LogP contribution >= 0.6 is 0 Å². The highest BCUT2D eigenvalue weighted by atomic mass is 19.4. The molecule has 0 aliphatic rings. The highest BCUT2D eigenvalue weighted by molar-refractivity contribution is 5.30. The lowest BCUT2D eigenvalue weighted by molar-refractivity contribution is -0.137. The Hall–Kier alpha value is -1.27. The molecule has 0 heterocycles. The van der Waals surface area contributed by atoms with E-state index in [2.05, 4.69) is 5.32 Å². The Kier molecular flexibility index (Phi) is 6.29. The molecule has 1 N–H and O–H groups in total. The number of ether oxygens (including phenoxy) is 2. The van der Waals surface area contributed by atoms with Gasteiger partial charge in [0.1, 0.15) is 11.9 Å². The zero-order valence-electron chi connectivity index (χ0n) is 11.8. The maximum atomic E-state index is 12.6. The van der Waals surface area contributed by atoms with Crippen LogP contribution in [-0.2, 0) is 10.9 Å². The monoisotopic (exact) mass is 291 g/mol. The fourth-order valence-electron chi connectivity index (χ4n) is 1.63. The zero-order valence-corrected chi connectivity index (χ0v) is 11.8. The number of benzene rings is 1. The predicted molar refractivity (Wildman–Crippen MR) is 70.9 cm³/mol. The molecule has 0 aliphatic carbocycles. The van der Waals surface area contributed by atoms with E-state index in [1.54, 1.807) is 0 Å². The largest absolute Gasteiger partial charge is 0.487 e. The van der Waals surface area contributed by atoms with Crippen LogP contribution in [0.3, 0.4) is 0 Å². The van der Waals surface area contributed by atoms with Crippen molar-refractivity contribution in [3.8, 4) is 5.75 Å². The van der Waals surface area contributed by atoms with Gasteiger partial charge in [-0.15, -0.1) is 0 Å². The molecule has 0 fully saturated rings. The molecule has 6 heteroatoms. The van der Waals surface area contributed by atoms with Crippen molar-refractivity contribution in [3.63, 3.8) is 0 Å². The molecular formula is C14H20F3NO2. The zero-order chi connectivity index (χ0) is 15.2. The van der Waals surface area contributed by atoms with Gasteiger partial charge in [-0.2, -0.15) is 13.2 Å². The van der Waals surface area contributed by atoms with Crippen molar-refractivity contribution in [1.82, 2.24) is 5.32 Å². The molecule has 0 aromatic heterocycles. The first-order chi connectivity index (χ1) is 9.32. The van der Waals surface area contributed by atoms with Gasteiger partial charge >= 0.3 is 6.18 Å². The summed E-state index contributed by atoms with van der Waals surface area (Å²) in [7, 11) is 1.53. The maximum Gasteiger partial charge on any atom is 0.416 e. The van der Waals surface area contributed by atoms with Crippen molar-refractivity contribution in [3.05, 3.63) is 29.8 Å². The standard InChI is InChI=1S/C14H20F3NO2/c1-10(2)18-8-13(9-19-3)20-12-6-4-5-11(7-12)14(15,16)17/h4-7,10,13,18H,8-9H2,1-3H3. The second-order valence-corrected chi connectivity index (χ2v) is 4.78. The Labute approximate surface area is 117 Å². The lowest BCUT2D eigenvalue weighted by Gasteiger charge is -2.21. The molecule has 1 atom stereocenters. The summed E-state index contributed by atoms with van der Waals surface area (Å²) in [5, 5.41) is 3.17. The predicted octanol–water partition coefficient (Wildman–Crippen LogP) is 3.10. The molecule has 1 aromatic carbocycles. The summed E-state index contributed by atoms with van der Waals surface area (Å²) in [4.78, 5) is 0. The Bertz CT molecular complexity index is 408. The minimum absolute atomic E-state index is 0.187. The number of nitrogens with one attached hydrogen (secondary N) is 1. The number of halogens is 3. The molecule has 0 radical (unpaired) electrons.